The molecule has 0 aromatic rings. The molecule has 0 atom stereocenters. The summed E-state index contributed by atoms with van der Waals surface area (Å²) in [6, 6.07) is 0. The fourth-order valence-electron chi connectivity index (χ4n) is 0.957. The second kappa shape index (κ2) is 7.86. The zero-order chi connectivity index (χ0) is 10.1. The predicted octanol–water partition coefficient (Wildman–Crippen LogP) is 1.50. The average Bonchev–Trinajstić information content (AvgIpc) is 2.13. The van der Waals surface area contributed by atoms with E-state index in [0.29, 0.717) is 13.2 Å². The van der Waals surface area contributed by atoms with Crippen molar-refractivity contribution in [2.75, 3.05) is 32.8 Å². The van der Waals surface area contributed by atoms with E-state index in [0.717, 1.165) is 19.6 Å². The molecule has 0 aliphatic carbocycles. The van der Waals surface area contributed by atoms with Crippen LogP contribution in [0.25, 0.3) is 0 Å². The van der Waals surface area contributed by atoms with E-state index in [9.17, 15) is 4.79 Å². The van der Waals surface area contributed by atoms with Crippen molar-refractivity contribution in [2.45, 2.75) is 20.8 Å². The zero-order valence-electron chi connectivity index (χ0n) is 8.71. The first-order valence-electron chi connectivity index (χ1n) is 4.76. The van der Waals surface area contributed by atoms with Crippen LogP contribution in [0.1, 0.15) is 20.8 Å². The molecule has 0 rings (SSSR count). The van der Waals surface area contributed by atoms with E-state index in [2.05, 4.69) is 23.5 Å². The molecule has 0 saturated carbocycles. The topological polar surface area (TPSA) is 38.8 Å². The summed E-state index contributed by atoms with van der Waals surface area (Å²) in [5.74, 6) is 0. The van der Waals surface area contributed by atoms with E-state index in [-0.39, 0.29) is 0 Å². The lowest BCUT2D eigenvalue weighted by atomic mass is 10.5. The Hall–Kier alpha value is -0.770. The van der Waals surface area contributed by atoms with Gasteiger partial charge in [-0.25, -0.2) is 4.79 Å². The van der Waals surface area contributed by atoms with Gasteiger partial charge >= 0.3 is 6.16 Å². The minimum atomic E-state index is -0.574. The van der Waals surface area contributed by atoms with Gasteiger partial charge in [0.25, 0.3) is 0 Å². The summed E-state index contributed by atoms with van der Waals surface area (Å²) in [5, 5.41) is 0. The SMILES string of the molecule is CCOC(=O)OCCN(CC)CC. The Morgan fingerprint density at radius 3 is 2.23 bits per heavy atom. The molecule has 0 aromatic heterocycles. The van der Waals surface area contributed by atoms with Gasteiger partial charge in [-0.05, 0) is 20.0 Å². The van der Waals surface area contributed by atoms with E-state index in [4.69, 9.17) is 4.74 Å². The maximum Gasteiger partial charge on any atom is 0.508 e. The van der Waals surface area contributed by atoms with E-state index in [1.54, 1.807) is 6.92 Å². The molecule has 0 unspecified atom stereocenters. The largest absolute Gasteiger partial charge is 0.508 e. The second-order valence-corrected chi connectivity index (χ2v) is 2.56. The molecule has 0 radical (unpaired) electrons. The molecule has 0 saturated heterocycles. The second-order valence-electron chi connectivity index (χ2n) is 2.56. The number of hydrogen-bond acceptors (Lipinski definition) is 4. The summed E-state index contributed by atoms with van der Waals surface area (Å²) < 4.78 is 9.43. The van der Waals surface area contributed by atoms with Gasteiger partial charge in [0.05, 0.1) is 6.61 Å². The normalized spacial score (nSPS) is 10.2. The highest BCUT2D eigenvalue weighted by Crippen LogP contribution is 1.89. The van der Waals surface area contributed by atoms with Gasteiger partial charge in [-0.15, -0.1) is 0 Å². The lowest BCUT2D eigenvalue weighted by molar-refractivity contribution is 0.0522. The number of nitrogens with zero attached hydrogens (tertiary/aromatic N) is 1. The number of likely N-dealkylation sites (N-methyl/N-ethyl adjacent to an activating group) is 1. The van der Waals surface area contributed by atoms with Crippen molar-refractivity contribution >= 4 is 6.16 Å². The quantitative estimate of drug-likeness (QED) is 0.593. The van der Waals surface area contributed by atoms with Crippen LogP contribution in [0, 0.1) is 0 Å². The van der Waals surface area contributed by atoms with Crippen LogP contribution in [-0.4, -0.2) is 43.9 Å². The molecule has 78 valence electrons. The molecule has 0 heterocycles. The molecule has 0 aliphatic rings. The molecule has 0 aliphatic heterocycles. The van der Waals surface area contributed by atoms with Gasteiger partial charge in [0, 0.05) is 6.54 Å². The Kier molecular flexibility index (Phi) is 7.39. The molecule has 0 aromatic carbocycles. The molecule has 13 heavy (non-hydrogen) atoms. The van der Waals surface area contributed by atoms with Crippen molar-refractivity contribution in [3.05, 3.63) is 0 Å². The number of hydrogen-bond donors (Lipinski definition) is 0. The third kappa shape index (κ3) is 6.40. The molecule has 4 heteroatoms. The molecule has 0 fully saturated rings. The highest BCUT2D eigenvalue weighted by molar-refractivity contribution is 5.59. The molecule has 0 N–H and O–H groups in total. The maximum atomic E-state index is 10.7. The van der Waals surface area contributed by atoms with Crippen LogP contribution < -0.4 is 0 Å². The van der Waals surface area contributed by atoms with E-state index in [1.165, 1.54) is 0 Å². The van der Waals surface area contributed by atoms with Gasteiger partial charge in [0.2, 0.25) is 0 Å². The monoisotopic (exact) mass is 189 g/mol. The summed E-state index contributed by atoms with van der Waals surface area (Å²) in [5.41, 5.74) is 0. The lowest BCUT2D eigenvalue weighted by Gasteiger charge is -2.17. The van der Waals surface area contributed by atoms with Crippen LogP contribution >= 0.6 is 0 Å². The third-order valence-corrected chi connectivity index (χ3v) is 1.78. The Morgan fingerprint density at radius 2 is 1.77 bits per heavy atom. The van der Waals surface area contributed by atoms with Crippen molar-refractivity contribution in [1.82, 2.24) is 4.90 Å². The number of rotatable bonds is 6. The van der Waals surface area contributed by atoms with E-state index in [1.807, 2.05) is 0 Å². The molecular weight excluding hydrogens is 170 g/mol. The fraction of sp³-hybridized carbons (Fsp3) is 0.889. The molecule has 0 amide bonds. The minimum Gasteiger partial charge on any atom is -0.435 e. The number of carbonyl (C=O) groups is 1. The standard InChI is InChI=1S/C9H19NO3/c1-4-10(5-2)7-8-13-9(11)12-6-3/h4-8H2,1-3H3. The van der Waals surface area contributed by atoms with Gasteiger partial charge in [0.1, 0.15) is 6.61 Å². The Balaban J connectivity index is 3.37. The summed E-state index contributed by atoms with van der Waals surface area (Å²) in [6.45, 7) is 9.40. The van der Waals surface area contributed by atoms with Gasteiger partial charge in [0.15, 0.2) is 0 Å². The first-order chi connectivity index (χ1) is 6.24. The van der Waals surface area contributed by atoms with Crippen LogP contribution in [0.15, 0.2) is 0 Å². The van der Waals surface area contributed by atoms with Gasteiger partial charge in [-0.2, -0.15) is 0 Å². The molecule has 0 bridgehead atoms. The van der Waals surface area contributed by atoms with E-state index < -0.39 is 6.16 Å². The zero-order valence-corrected chi connectivity index (χ0v) is 8.71. The van der Waals surface area contributed by atoms with Crippen LogP contribution in [0.5, 0.6) is 0 Å². The number of carbonyl (C=O) groups excluding carboxylic acids is 1. The van der Waals surface area contributed by atoms with Crippen molar-refractivity contribution in [1.29, 1.82) is 0 Å². The Labute approximate surface area is 79.8 Å². The van der Waals surface area contributed by atoms with Crippen LogP contribution in [-0.2, 0) is 9.47 Å². The fourth-order valence-corrected chi connectivity index (χ4v) is 0.957. The smallest absolute Gasteiger partial charge is 0.435 e. The highest BCUT2D eigenvalue weighted by Gasteiger charge is 2.03. The van der Waals surface area contributed by atoms with Crippen molar-refractivity contribution in [2.24, 2.45) is 0 Å². The van der Waals surface area contributed by atoms with Crippen LogP contribution in [0.3, 0.4) is 0 Å². The first kappa shape index (κ1) is 12.2. The van der Waals surface area contributed by atoms with Crippen LogP contribution in [0.2, 0.25) is 0 Å². The van der Waals surface area contributed by atoms with Crippen molar-refractivity contribution in [3.63, 3.8) is 0 Å². The van der Waals surface area contributed by atoms with Gasteiger partial charge in [-0.1, -0.05) is 13.8 Å². The molecule has 0 spiro atoms. The van der Waals surface area contributed by atoms with Crippen molar-refractivity contribution < 1.29 is 14.3 Å². The van der Waals surface area contributed by atoms with Gasteiger partial charge < -0.3 is 14.4 Å². The highest BCUT2D eigenvalue weighted by atomic mass is 16.7. The molecular formula is C9H19NO3. The number of ether oxygens (including phenoxy) is 2. The Morgan fingerprint density at radius 1 is 1.15 bits per heavy atom. The summed E-state index contributed by atoms with van der Waals surface area (Å²) in [7, 11) is 0. The van der Waals surface area contributed by atoms with Crippen molar-refractivity contribution in [3.8, 4) is 0 Å². The first-order valence-corrected chi connectivity index (χ1v) is 4.76. The van der Waals surface area contributed by atoms with Gasteiger partial charge in [-0.3, -0.25) is 0 Å². The third-order valence-electron chi connectivity index (χ3n) is 1.78. The minimum absolute atomic E-state index is 0.365. The summed E-state index contributed by atoms with van der Waals surface area (Å²) in [6.07, 6.45) is -0.574. The average molecular weight is 189 g/mol. The molecule has 4 nitrogen and oxygen atoms in total. The predicted molar refractivity (Wildman–Crippen MR) is 50.8 cm³/mol. The lowest BCUT2D eigenvalue weighted by Crippen LogP contribution is -2.28. The summed E-state index contributed by atoms with van der Waals surface area (Å²) >= 11 is 0. The van der Waals surface area contributed by atoms with E-state index >= 15 is 0 Å². The summed E-state index contributed by atoms with van der Waals surface area (Å²) in [4.78, 5) is 12.9. The van der Waals surface area contributed by atoms with Crippen LogP contribution in [0.4, 0.5) is 4.79 Å². The maximum absolute atomic E-state index is 10.7. The Bertz CT molecular complexity index is 135.